The Hall–Kier alpha value is -2.73. The van der Waals surface area contributed by atoms with Crippen LogP contribution in [0.4, 0.5) is 5.69 Å². The van der Waals surface area contributed by atoms with Gasteiger partial charge in [-0.05, 0) is 42.6 Å². The number of nitrogens with one attached hydrogen (secondary N) is 1. The van der Waals surface area contributed by atoms with Crippen molar-refractivity contribution in [2.24, 2.45) is 5.41 Å². The monoisotopic (exact) mass is 408 g/mol. The van der Waals surface area contributed by atoms with E-state index in [1.807, 2.05) is 41.3 Å². The highest BCUT2D eigenvalue weighted by atomic mass is 16.7. The van der Waals surface area contributed by atoms with Gasteiger partial charge in [0.2, 0.25) is 12.7 Å². The standard InChI is InChI=1S/C24H28N2O4/c1-23(2,3)13-25-9-6-10-26-18-8-5-4-7-16(18)24(22(26)27)14-28-19-12-21-20(11-17(19)24)29-15-30-21/h4-5,7-8,11-12,25H,6,9-10,13-15H2,1-3H3. The molecular weight excluding hydrogens is 380 g/mol. The summed E-state index contributed by atoms with van der Waals surface area (Å²) in [5, 5.41) is 3.50. The Kier molecular flexibility index (Phi) is 4.43. The van der Waals surface area contributed by atoms with Crippen molar-refractivity contribution in [3.05, 3.63) is 47.5 Å². The lowest BCUT2D eigenvalue weighted by atomic mass is 9.77. The first-order valence-electron chi connectivity index (χ1n) is 10.6. The van der Waals surface area contributed by atoms with E-state index in [4.69, 9.17) is 14.2 Å². The maximum absolute atomic E-state index is 13.8. The Morgan fingerprint density at radius 1 is 1.03 bits per heavy atom. The molecule has 158 valence electrons. The maximum Gasteiger partial charge on any atom is 0.245 e. The smallest absolute Gasteiger partial charge is 0.245 e. The Balaban J connectivity index is 1.43. The highest BCUT2D eigenvalue weighted by Crippen LogP contribution is 2.54. The van der Waals surface area contributed by atoms with Gasteiger partial charge in [0.05, 0.1) is 0 Å². The largest absolute Gasteiger partial charge is 0.491 e. The van der Waals surface area contributed by atoms with Crippen LogP contribution in [0.15, 0.2) is 36.4 Å². The first kappa shape index (κ1) is 19.2. The topological polar surface area (TPSA) is 60.0 Å². The zero-order valence-electron chi connectivity index (χ0n) is 17.8. The van der Waals surface area contributed by atoms with Crippen molar-refractivity contribution in [2.75, 3.05) is 37.9 Å². The Bertz CT molecular complexity index is 997. The zero-order chi connectivity index (χ0) is 20.9. The summed E-state index contributed by atoms with van der Waals surface area (Å²) in [5.41, 5.74) is 2.29. The predicted molar refractivity (Wildman–Crippen MR) is 115 cm³/mol. The number of amides is 1. The molecule has 0 aliphatic carbocycles. The fourth-order valence-electron chi connectivity index (χ4n) is 4.61. The van der Waals surface area contributed by atoms with Crippen LogP contribution in [0.5, 0.6) is 17.2 Å². The number of para-hydroxylation sites is 1. The molecule has 3 aliphatic heterocycles. The number of hydrogen-bond donors (Lipinski definition) is 1. The molecule has 1 unspecified atom stereocenters. The molecule has 0 radical (unpaired) electrons. The third-order valence-electron chi connectivity index (χ3n) is 6.03. The minimum atomic E-state index is -0.814. The molecule has 6 heteroatoms. The van der Waals surface area contributed by atoms with Gasteiger partial charge in [-0.15, -0.1) is 0 Å². The average Bonchev–Trinajstić information content (AvgIpc) is 3.37. The maximum atomic E-state index is 13.8. The van der Waals surface area contributed by atoms with Crippen LogP contribution >= 0.6 is 0 Å². The molecule has 3 heterocycles. The second kappa shape index (κ2) is 6.91. The third-order valence-corrected chi connectivity index (χ3v) is 6.03. The third kappa shape index (κ3) is 2.93. The van der Waals surface area contributed by atoms with E-state index in [0.717, 1.165) is 36.3 Å². The quantitative estimate of drug-likeness (QED) is 0.768. The summed E-state index contributed by atoms with van der Waals surface area (Å²) < 4.78 is 17.1. The molecule has 0 fully saturated rings. The molecule has 0 saturated heterocycles. The van der Waals surface area contributed by atoms with E-state index in [0.29, 0.717) is 30.4 Å². The van der Waals surface area contributed by atoms with Crippen molar-refractivity contribution in [1.29, 1.82) is 0 Å². The number of anilines is 1. The van der Waals surface area contributed by atoms with E-state index in [-0.39, 0.29) is 18.1 Å². The fourth-order valence-corrected chi connectivity index (χ4v) is 4.61. The molecule has 1 spiro atoms. The number of nitrogens with zero attached hydrogens (tertiary/aromatic N) is 1. The minimum Gasteiger partial charge on any atom is -0.491 e. The normalized spacial score (nSPS) is 21.2. The van der Waals surface area contributed by atoms with Crippen molar-refractivity contribution in [3.8, 4) is 17.2 Å². The lowest BCUT2D eigenvalue weighted by molar-refractivity contribution is -0.122. The van der Waals surface area contributed by atoms with Gasteiger partial charge >= 0.3 is 0 Å². The number of ether oxygens (including phenoxy) is 3. The van der Waals surface area contributed by atoms with Crippen LogP contribution in [0.3, 0.4) is 0 Å². The summed E-state index contributed by atoms with van der Waals surface area (Å²) in [4.78, 5) is 15.8. The van der Waals surface area contributed by atoms with Gasteiger partial charge < -0.3 is 24.4 Å². The second-order valence-electron chi connectivity index (χ2n) is 9.46. The molecule has 2 aromatic rings. The van der Waals surface area contributed by atoms with Crippen LogP contribution < -0.4 is 24.4 Å². The van der Waals surface area contributed by atoms with Gasteiger partial charge in [-0.3, -0.25) is 4.79 Å². The summed E-state index contributed by atoms with van der Waals surface area (Å²) >= 11 is 0. The molecule has 1 atom stereocenters. The van der Waals surface area contributed by atoms with Gasteiger partial charge in [0.15, 0.2) is 11.5 Å². The van der Waals surface area contributed by atoms with E-state index in [9.17, 15) is 4.79 Å². The van der Waals surface area contributed by atoms with Gasteiger partial charge in [0.1, 0.15) is 17.8 Å². The molecule has 5 rings (SSSR count). The number of rotatable bonds is 5. The van der Waals surface area contributed by atoms with Gasteiger partial charge in [-0.1, -0.05) is 39.0 Å². The molecule has 1 amide bonds. The number of carbonyl (C=O) groups is 1. The molecule has 0 aromatic heterocycles. The lowest BCUT2D eigenvalue weighted by Crippen LogP contribution is -2.43. The fraction of sp³-hybridized carbons (Fsp3) is 0.458. The average molecular weight is 408 g/mol. The minimum absolute atomic E-state index is 0.0807. The molecule has 0 saturated carbocycles. The van der Waals surface area contributed by atoms with Gasteiger partial charge in [0, 0.05) is 23.9 Å². The van der Waals surface area contributed by atoms with E-state index < -0.39 is 5.41 Å². The second-order valence-corrected chi connectivity index (χ2v) is 9.46. The highest BCUT2D eigenvalue weighted by Gasteiger charge is 2.57. The van der Waals surface area contributed by atoms with Crippen LogP contribution in [0.25, 0.3) is 0 Å². The van der Waals surface area contributed by atoms with Crippen molar-refractivity contribution < 1.29 is 19.0 Å². The summed E-state index contributed by atoms with van der Waals surface area (Å²) in [6, 6.07) is 11.8. The molecule has 3 aliphatic rings. The Morgan fingerprint density at radius 2 is 1.80 bits per heavy atom. The van der Waals surface area contributed by atoms with Crippen LogP contribution in [0.1, 0.15) is 38.3 Å². The number of fused-ring (bicyclic) bond motifs is 5. The van der Waals surface area contributed by atoms with Crippen molar-refractivity contribution >= 4 is 11.6 Å². The van der Waals surface area contributed by atoms with Gasteiger partial charge in [0.25, 0.3) is 0 Å². The molecule has 2 aromatic carbocycles. The molecular formula is C24H28N2O4. The van der Waals surface area contributed by atoms with Crippen molar-refractivity contribution in [2.45, 2.75) is 32.6 Å². The Labute approximate surface area is 177 Å². The van der Waals surface area contributed by atoms with Gasteiger partial charge in [-0.25, -0.2) is 0 Å². The molecule has 1 N–H and O–H groups in total. The first-order chi connectivity index (χ1) is 14.4. The lowest BCUT2D eigenvalue weighted by Gasteiger charge is -2.23. The van der Waals surface area contributed by atoms with E-state index in [2.05, 4.69) is 26.1 Å². The predicted octanol–water partition coefficient (Wildman–Crippen LogP) is 3.47. The number of hydrogen-bond acceptors (Lipinski definition) is 5. The van der Waals surface area contributed by atoms with E-state index in [1.54, 1.807) is 0 Å². The van der Waals surface area contributed by atoms with Crippen LogP contribution in [0.2, 0.25) is 0 Å². The van der Waals surface area contributed by atoms with Crippen LogP contribution in [0, 0.1) is 5.41 Å². The summed E-state index contributed by atoms with van der Waals surface area (Å²) in [6.07, 6.45) is 0.890. The number of carbonyl (C=O) groups excluding carboxylic acids is 1. The van der Waals surface area contributed by atoms with Crippen molar-refractivity contribution in [1.82, 2.24) is 5.32 Å². The van der Waals surface area contributed by atoms with E-state index >= 15 is 0 Å². The molecule has 6 nitrogen and oxygen atoms in total. The van der Waals surface area contributed by atoms with E-state index in [1.165, 1.54) is 0 Å². The molecule has 30 heavy (non-hydrogen) atoms. The van der Waals surface area contributed by atoms with Crippen molar-refractivity contribution in [3.63, 3.8) is 0 Å². The molecule has 0 bridgehead atoms. The van der Waals surface area contributed by atoms with Crippen LogP contribution in [-0.4, -0.2) is 38.9 Å². The SMILES string of the molecule is CC(C)(C)CNCCCN1C(=O)C2(COc3cc4c(cc32)OCO4)c2ccccc21. The summed E-state index contributed by atoms with van der Waals surface area (Å²) in [7, 11) is 0. The highest BCUT2D eigenvalue weighted by molar-refractivity contribution is 6.11. The summed E-state index contributed by atoms with van der Waals surface area (Å²) in [6.45, 7) is 9.66. The number of benzene rings is 2. The zero-order valence-corrected chi connectivity index (χ0v) is 17.8. The van der Waals surface area contributed by atoms with Gasteiger partial charge in [-0.2, -0.15) is 0 Å². The summed E-state index contributed by atoms with van der Waals surface area (Å²) in [5.74, 6) is 2.13. The van der Waals surface area contributed by atoms with Crippen LogP contribution in [-0.2, 0) is 10.2 Å². The Morgan fingerprint density at radius 3 is 2.60 bits per heavy atom. The first-order valence-corrected chi connectivity index (χ1v) is 10.6.